The number of carboxylic acid groups (broad SMARTS) is 1. The van der Waals surface area contributed by atoms with Crippen LogP contribution < -0.4 is 10.0 Å². The average Bonchev–Trinajstić information content (AvgIpc) is 2.64. The largest absolute Gasteiger partial charge is 0.481 e. The highest BCUT2D eigenvalue weighted by molar-refractivity contribution is 7.89. The van der Waals surface area contributed by atoms with Gasteiger partial charge in [-0.1, -0.05) is 11.6 Å². The van der Waals surface area contributed by atoms with Gasteiger partial charge in [-0.25, -0.2) is 13.1 Å². The van der Waals surface area contributed by atoms with Crippen LogP contribution in [0.25, 0.3) is 0 Å². The average molecular weight is 333 g/mol. The summed E-state index contributed by atoms with van der Waals surface area (Å²) in [5, 5.41) is 11.2. The first-order chi connectivity index (χ1) is 9.69. The third-order valence-electron chi connectivity index (χ3n) is 2.91. The van der Waals surface area contributed by atoms with Crippen LogP contribution in [0.1, 0.15) is 18.9 Å². The van der Waals surface area contributed by atoms with Crippen molar-refractivity contribution in [1.29, 1.82) is 0 Å². The molecular weight excluding hydrogens is 320 g/mol. The number of hydrogen-bond donors (Lipinski definition) is 3. The highest BCUT2D eigenvalue weighted by Gasteiger charge is 2.26. The lowest BCUT2D eigenvalue weighted by molar-refractivity contribution is -0.137. The zero-order chi connectivity index (χ0) is 15.8. The third kappa shape index (κ3) is 3.52. The lowest BCUT2D eigenvalue weighted by atomic mass is 10.2. The number of nitrogens with one attached hydrogen (secondary N) is 2. The van der Waals surface area contributed by atoms with Crippen molar-refractivity contribution in [3.05, 3.63) is 22.7 Å². The molecule has 7 nitrogen and oxygen atoms in total. The summed E-state index contributed by atoms with van der Waals surface area (Å²) in [6.45, 7) is 1.44. The Labute approximate surface area is 126 Å². The van der Waals surface area contributed by atoms with Crippen molar-refractivity contribution in [3.8, 4) is 0 Å². The maximum Gasteiger partial charge on any atom is 0.304 e. The van der Waals surface area contributed by atoms with E-state index in [0.717, 1.165) is 0 Å². The van der Waals surface area contributed by atoms with E-state index in [2.05, 4.69) is 10.0 Å². The summed E-state index contributed by atoms with van der Waals surface area (Å²) in [5.74, 6) is -1.34. The van der Waals surface area contributed by atoms with Crippen molar-refractivity contribution in [1.82, 2.24) is 4.72 Å². The quantitative estimate of drug-likeness (QED) is 0.744. The molecule has 0 bridgehead atoms. The van der Waals surface area contributed by atoms with Crippen LogP contribution in [0.15, 0.2) is 17.0 Å². The molecule has 9 heteroatoms. The van der Waals surface area contributed by atoms with Crippen molar-refractivity contribution < 1.29 is 23.1 Å². The fraction of sp³-hybridized carbons (Fsp3) is 0.333. The first-order valence-electron chi connectivity index (χ1n) is 6.05. The second-order valence-corrected chi connectivity index (χ2v) is 6.87. The van der Waals surface area contributed by atoms with Gasteiger partial charge in [0.15, 0.2) is 0 Å². The smallest absolute Gasteiger partial charge is 0.304 e. The minimum Gasteiger partial charge on any atom is -0.481 e. The monoisotopic (exact) mass is 332 g/mol. The number of amides is 1. The molecule has 21 heavy (non-hydrogen) atoms. The number of anilines is 1. The van der Waals surface area contributed by atoms with Gasteiger partial charge in [0.1, 0.15) is 4.90 Å². The van der Waals surface area contributed by atoms with Crippen LogP contribution in [0.4, 0.5) is 5.69 Å². The molecule has 1 aromatic rings. The SMILES string of the molecule is CC(CC(=O)O)NS(=O)(=O)c1cc2c(cc1Cl)NC(=O)C2. The maximum atomic E-state index is 12.2. The molecule has 1 heterocycles. The molecule has 0 saturated heterocycles. The fourth-order valence-corrected chi connectivity index (χ4v) is 3.88. The van der Waals surface area contributed by atoms with E-state index < -0.39 is 22.0 Å². The van der Waals surface area contributed by atoms with Crippen molar-refractivity contribution >= 4 is 39.2 Å². The van der Waals surface area contributed by atoms with Crippen LogP contribution in [0, 0.1) is 0 Å². The normalized spacial score (nSPS) is 15.4. The maximum absolute atomic E-state index is 12.2. The summed E-state index contributed by atoms with van der Waals surface area (Å²) < 4.78 is 26.7. The van der Waals surface area contributed by atoms with Crippen LogP contribution in [0.3, 0.4) is 0 Å². The number of carboxylic acids is 1. The summed E-state index contributed by atoms with van der Waals surface area (Å²) in [6, 6.07) is 1.92. The lowest BCUT2D eigenvalue weighted by Crippen LogP contribution is -2.34. The Hall–Kier alpha value is -1.64. The molecule has 0 radical (unpaired) electrons. The Morgan fingerprint density at radius 3 is 2.81 bits per heavy atom. The van der Waals surface area contributed by atoms with Crippen LogP contribution in [0.5, 0.6) is 0 Å². The number of rotatable bonds is 5. The van der Waals surface area contributed by atoms with Crippen LogP contribution in [-0.4, -0.2) is 31.4 Å². The highest BCUT2D eigenvalue weighted by atomic mass is 35.5. The molecule has 1 aromatic carbocycles. The number of sulfonamides is 1. The molecule has 1 atom stereocenters. The topological polar surface area (TPSA) is 113 Å². The van der Waals surface area contributed by atoms with Gasteiger partial charge in [0.05, 0.1) is 17.9 Å². The molecule has 1 amide bonds. The van der Waals surface area contributed by atoms with Gasteiger partial charge in [-0.05, 0) is 24.6 Å². The summed E-state index contributed by atoms with van der Waals surface area (Å²) in [4.78, 5) is 21.7. The summed E-state index contributed by atoms with van der Waals surface area (Å²) in [7, 11) is -3.96. The molecule has 0 spiro atoms. The number of fused-ring (bicyclic) bond motifs is 1. The van der Waals surface area contributed by atoms with Gasteiger partial charge in [0.2, 0.25) is 15.9 Å². The van der Waals surface area contributed by atoms with Gasteiger partial charge in [0.25, 0.3) is 0 Å². The molecular formula is C12H13ClN2O5S. The molecule has 114 valence electrons. The molecule has 0 saturated carbocycles. The predicted molar refractivity (Wildman–Crippen MR) is 75.8 cm³/mol. The number of carbonyl (C=O) groups excluding carboxylic acids is 1. The van der Waals surface area contributed by atoms with E-state index >= 15 is 0 Å². The van der Waals surface area contributed by atoms with Crippen LogP contribution in [-0.2, 0) is 26.0 Å². The van der Waals surface area contributed by atoms with E-state index in [4.69, 9.17) is 16.7 Å². The van der Waals surface area contributed by atoms with Gasteiger partial charge >= 0.3 is 5.97 Å². The molecule has 3 N–H and O–H groups in total. The summed E-state index contributed by atoms with van der Waals surface area (Å²) >= 11 is 5.94. The first-order valence-corrected chi connectivity index (χ1v) is 7.91. The summed E-state index contributed by atoms with van der Waals surface area (Å²) in [6.07, 6.45) is -0.262. The van der Waals surface area contributed by atoms with Crippen LogP contribution >= 0.6 is 11.6 Å². The standard InChI is InChI=1S/C12H13ClN2O5S/c1-6(2-12(17)18)15-21(19,20)10-3-7-4-11(16)14-9(7)5-8(10)13/h3,5-6,15H,2,4H2,1H3,(H,14,16)(H,17,18). The highest BCUT2D eigenvalue weighted by Crippen LogP contribution is 2.32. The molecule has 1 aliphatic rings. The molecule has 0 aromatic heterocycles. The molecule has 1 aliphatic heterocycles. The Bertz CT molecular complexity index is 717. The molecule has 2 rings (SSSR count). The lowest BCUT2D eigenvalue weighted by Gasteiger charge is -2.14. The van der Waals surface area contributed by atoms with Gasteiger partial charge in [-0.15, -0.1) is 0 Å². The van der Waals surface area contributed by atoms with Crippen molar-refractivity contribution in [2.45, 2.75) is 30.7 Å². The van der Waals surface area contributed by atoms with Crippen molar-refractivity contribution in [2.75, 3.05) is 5.32 Å². The third-order valence-corrected chi connectivity index (χ3v) is 4.96. The second-order valence-electron chi connectivity index (χ2n) is 4.78. The molecule has 0 fully saturated rings. The minimum atomic E-state index is -3.96. The fourth-order valence-electron chi connectivity index (χ4n) is 2.06. The number of carbonyl (C=O) groups is 2. The van der Waals surface area contributed by atoms with Crippen LogP contribution in [0.2, 0.25) is 5.02 Å². The molecule has 1 unspecified atom stereocenters. The van der Waals surface area contributed by atoms with Gasteiger partial charge < -0.3 is 10.4 Å². The Kier molecular flexibility index (Phi) is 4.22. The van der Waals surface area contributed by atoms with E-state index in [1.165, 1.54) is 19.1 Å². The number of hydrogen-bond acceptors (Lipinski definition) is 4. The Morgan fingerprint density at radius 2 is 2.19 bits per heavy atom. The van der Waals surface area contributed by atoms with Gasteiger partial charge in [-0.2, -0.15) is 0 Å². The Morgan fingerprint density at radius 1 is 1.52 bits per heavy atom. The van der Waals surface area contributed by atoms with Gasteiger partial charge in [0, 0.05) is 11.7 Å². The zero-order valence-electron chi connectivity index (χ0n) is 11.0. The predicted octanol–water partition coefficient (Wildman–Crippen LogP) is 0.976. The van der Waals surface area contributed by atoms with E-state index in [9.17, 15) is 18.0 Å². The number of aliphatic carboxylic acids is 1. The van der Waals surface area contributed by atoms with Crippen molar-refractivity contribution in [3.63, 3.8) is 0 Å². The minimum absolute atomic E-state index is 0.0361. The molecule has 0 aliphatic carbocycles. The summed E-state index contributed by atoms with van der Waals surface area (Å²) in [5.41, 5.74) is 1.03. The number of halogens is 1. The Balaban J connectivity index is 2.31. The van der Waals surface area contributed by atoms with Crippen molar-refractivity contribution in [2.24, 2.45) is 0 Å². The zero-order valence-corrected chi connectivity index (χ0v) is 12.6. The van der Waals surface area contributed by atoms with E-state index in [0.29, 0.717) is 11.3 Å². The second kappa shape index (κ2) is 5.63. The van der Waals surface area contributed by atoms with E-state index in [1.807, 2.05) is 0 Å². The van der Waals surface area contributed by atoms with E-state index in [-0.39, 0.29) is 28.7 Å². The van der Waals surface area contributed by atoms with Gasteiger partial charge in [-0.3, -0.25) is 9.59 Å². The number of benzene rings is 1. The first kappa shape index (κ1) is 15.7. The van der Waals surface area contributed by atoms with E-state index in [1.54, 1.807) is 0 Å².